The summed E-state index contributed by atoms with van der Waals surface area (Å²) in [6, 6.07) is 15.0. The molecule has 0 saturated heterocycles. The molecule has 142 valence electrons. The van der Waals surface area contributed by atoms with Gasteiger partial charge in [-0.25, -0.2) is 9.07 Å². The zero-order valence-electron chi connectivity index (χ0n) is 14.6. The Morgan fingerprint density at radius 1 is 0.964 bits per heavy atom. The van der Waals surface area contributed by atoms with Gasteiger partial charge in [-0.1, -0.05) is 29.8 Å². The molecule has 0 spiro atoms. The number of hydrogen-bond acceptors (Lipinski definition) is 1. The molecular formula is C21H13ClF4N2. The Labute approximate surface area is 163 Å². The van der Waals surface area contributed by atoms with Crippen molar-refractivity contribution in [3.05, 3.63) is 82.8 Å². The van der Waals surface area contributed by atoms with Crippen LogP contribution in [0, 0.1) is 12.7 Å². The number of nitrogens with zero attached hydrogens (tertiary/aromatic N) is 2. The van der Waals surface area contributed by atoms with Crippen molar-refractivity contribution in [2.24, 2.45) is 0 Å². The first-order chi connectivity index (χ1) is 13.2. The highest BCUT2D eigenvalue weighted by atomic mass is 35.5. The number of aromatic nitrogens is 2. The van der Waals surface area contributed by atoms with Crippen molar-refractivity contribution in [3.8, 4) is 16.8 Å². The molecule has 0 aliphatic rings. The zero-order chi connectivity index (χ0) is 20.1. The maximum atomic E-state index is 13.9. The molecule has 0 fully saturated rings. The second-order valence-electron chi connectivity index (χ2n) is 6.46. The summed E-state index contributed by atoms with van der Waals surface area (Å²) in [4.78, 5) is 0. The highest BCUT2D eigenvalue weighted by Crippen LogP contribution is 2.35. The molecule has 0 atom stereocenters. The third-order valence-corrected chi connectivity index (χ3v) is 4.75. The summed E-state index contributed by atoms with van der Waals surface area (Å²) in [6.07, 6.45) is -3.22. The topological polar surface area (TPSA) is 17.8 Å². The minimum absolute atomic E-state index is 0.0935. The van der Waals surface area contributed by atoms with Crippen molar-refractivity contribution >= 4 is 22.5 Å². The number of fused-ring (bicyclic) bond motifs is 1. The van der Waals surface area contributed by atoms with Gasteiger partial charge in [0.25, 0.3) is 0 Å². The van der Waals surface area contributed by atoms with Crippen LogP contribution in [-0.4, -0.2) is 9.78 Å². The minimum atomic E-state index is -4.78. The number of halogens is 5. The van der Waals surface area contributed by atoms with Crippen LogP contribution in [0.2, 0.25) is 5.02 Å². The molecule has 3 aromatic carbocycles. The number of alkyl halides is 3. The van der Waals surface area contributed by atoms with Gasteiger partial charge in [0.05, 0.1) is 23.0 Å². The summed E-state index contributed by atoms with van der Waals surface area (Å²) in [5.41, 5.74) is 1.19. The van der Waals surface area contributed by atoms with E-state index in [1.54, 1.807) is 18.3 Å². The average Bonchev–Trinajstić information content (AvgIpc) is 3.06. The fourth-order valence-electron chi connectivity index (χ4n) is 3.17. The van der Waals surface area contributed by atoms with Gasteiger partial charge >= 0.3 is 6.18 Å². The van der Waals surface area contributed by atoms with Crippen LogP contribution in [0.4, 0.5) is 17.6 Å². The summed E-state index contributed by atoms with van der Waals surface area (Å²) < 4.78 is 54.8. The van der Waals surface area contributed by atoms with Gasteiger partial charge in [-0.2, -0.15) is 18.3 Å². The molecule has 0 aliphatic heterocycles. The molecule has 4 aromatic rings. The SMILES string of the molecule is Cc1cc(-n2ncc3cc(-c4cccc(Cl)c4)ccc32)cc(C(F)(F)F)c1F. The number of aryl methyl sites for hydroxylation is 1. The Balaban J connectivity index is 1.84. The number of rotatable bonds is 2. The Morgan fingerprint density at radius 2 is 1.71 bits per heavy atom. The summed E-state index contributed by atoms with van der Waals surface area (Å²) in [6.45, 7) is 1.30. The first-order valence-corrected chi connectivity index (χ1v) is 8.73. The van der Waals surface area contributed by atoms with E-state index in [0.29, 0.717) is 10.5 Å². The molecule has 1 aromatic heterocycles. The molecule has 0 unspecified atom stereocenters. The van der Waals surface area contributed by atoms with E-state index in [1.165, 1.54) is 17.7 Å². The number of hydrogen-bond donors (Lipinski definition) is 0. The Bertz CT molecular complexity index is 1190. The van der Waals surface area contributed by atoms with Crippen LogP contribution in [0.25, 0.3) is 27.7 Å². The Hall–Kier alpha value is -2.86. The minimum Gasteiger partial charge on any atom is -0.233 e. The lowest BCUT2D eigenvalue weighted by Gasteiger charge is -2.13. The lowest BCUT2D eigenvalue weighted by Crippen LogP contribution is -2.11. The van der Waals surface area contributed by atoms with Crippen molar-refractivity contribution in [1.29, 1.82) is 0 Å². The molecule has 28 heavy (non-hydrogen) atoms. The maximum Gasteiger partial charge on any atom is 0.419 e. The predicted octanol–water partition coefficient (Wildman–Crippen LogP) is 6.81. The van der Waals surface area contributed by atoms with Crippen LogP contribution >= 0.6 is 11.6 Å². The Kier molecular flexibility index (Phi) is 4.38. The van der Waals surface area contributed by atoms with Gasteiger partial charge in [0.1, 0.15) is 5.82 Å². The van der Waals surface area contributed by atoms with Crippen molar-refractivity contribution in [2.45, 2.75) is 13.1 Å². The van der Waals surface area contributed by atoms with Crippen LogP contribution in [0.3, 0.4) is 0 Å². The quantitative estimate of drug-likeness (QED) is 0.335. The van der Waals surface area contributed by atoms with Crippen LogP contribution in [0.5, 0.6) is 0 Å². The van der Waals surface area contributed by atoms with E-state index in [4.69, 9.17) is 11.6 Å². The van der Waals surface area contributed by atoms with E-state index in [2.05, 4.69) is 5.10 Å². The van der Waals surface area contributed by atoms with Gasteiger partial charge < -0.3 is 0 Å². The summed E-state index contributed by atoms with van der Waals surface area (Å²) >= 11 is 6.04. The third kappa shape index (κ3) is 3.24. The van der Waals surface area contributed by atoms with Crippen molar-refractivity contribution in [2.75, 3.05) is 0 Å². The lowest BCUT2D eigenvalue weighted by atomic mass is 10.0. The number of benzene rings is 3. The van der Waals surface area contributed by atoms with E-state index >= 15 is 0 Å². The van der Waals surface area contributed by atoms with Gasteiger partial charge in [-0.05, 0) is 60.0 Å². The molecule has 4 rings (SSSR count). The molecule has 0 bridgehead atoms. The van der Waals surface area contributed by atoms with Gasteiger partial charge in [-0.15, -0.1) is 0 Å². The van der Waals surface area contributed by atoms with E-state index in [1.807, 2.05) is 30.3 Å². The summed E-state index contributed by atoms with van der Waals surface area (Å²) in [7, 11) is 0. The van der Waals surface area contributed by atoms with Crippen LogP contribution in [0.1, 0.15) is 11.1 Å². The van der Waals surface area contributed by atoms with Gasteiger partial charge in [-0.3, -0.25) is 0 Å². The second-order valence-corrected chi connectivity index (χ2v) is 6.90. The lowest BCUT2D eigenvalue weighted by molar-refractivity contribution is -0.140. The monoisotopic (exact) mass is 404 g/mol. The second kappa shape index (κ2) is 6.63. The fraction of sp³-hybridized carbons (Fsp3) is 0.0952. The van der Waals surface area contributed by atoms with Crippen LogP contribution in [-0.2, 0) is 6.18 Å². The first kappa shape index (κ1) is 18.5. The molecule has 1 heterocycles. The summed E-state index contributed by atoms with van der Waals surface area (Å²) in [5.74, 6) is -1.27. The van der Waals surface area contributed by atoms with Gasteiger partial charge in [0, 0.05) is 10.4 Å². The molecule has 0 saturated carbocycles. The molecule has 0 radical (unpaired) electrons. The van der Waals surface area contributed by atoms with Gasteiger partial charge in [0.15, 0.2) is 0 Å². The van der Waals surface area contributed by atoms with Crippen LogP contribution in [0.15, 0.2) is 60.8 Å². The molecule has 0 aliphatic carbocycles. The van der Waals surface area contributed by atoms with Crippen LogP contribution < -0.4 is 0 Å². The molecular weight excluding hydrogens is 392 g/mol. The van der Waals surface area contributed by atoms with E-state index in [-0.39, 0.29) is 11.3 Å². The molecule has 2 nitrogen and oxygen atoms in total. The van der Waals surface area contributed by atoms with E-state index in [0.717, 1.165) is 22.6 Å². The maximum absolute atomic E-state index is 13.9. The fourth-order valence-corrected chi connectivity index (χ4v) is 3.36. The van der Waals surface area contributed by atoms with E-state index < -0.39 is 17.6 Å². The smallest absolute Gasteiger partial charge is 0.233 e. The zero-order valence-corrected chi connectivity index (χ0v) is 15.3. The highest BCUT2D eigenvalue weighted by Gasteiger charge is 2.35. The largest absolute Gasteiger partial charge is 0.419 e. The van der Waals surface area contributed by atoms with Gasteiger partial charge in [0.2, 0.25) is 0 Å². The average molecular weight is 405 g/mol. The first-order valence-electron chi connectivity index (χ1n) is 8.35. The normalized spacial score (nSPS) is 11.9. The Morgan fingerprint density at radius 3 is 2.43 bits per heavy atom. The predicted molar refractivity (Wildman–Crippen MR) is 101 cm³/mol. The standard InChI is InChI=1S/C21H13ClF4N2/c1-12-7-17(10-18(20(12)23)21(24,25)26)28-19-6-5-14(8-15(19)11-27-28)13-3-2-4-16(22)9-13/h2-11H,1H3. The molecule has 7 heteroatoms. The van der Waals surface area contributed by atoms with E-state index in [9.17, 15) is 17.6 Å². The molecule has 0 N–H and O–H groups in total. The third-order valence-electron chi connectivity index (χ3n) is 4.52. The van der Waals surface area contributed by atoms with Crippen molar-refractivity contribution in [1.82, 2.24) is 9.78 Å². The van der Waals surface area contributed by atoms with Crippen molar-refractivity contribution in [3.63, 3.8) is 0 Å². The molecule has 0 amide bonds. The van der Waals surface area contributed by atoms with Crippen molar-refractivity contribution < 1.29 is 17.6 Å². The highest BCUT2D eigenvalue weighted by molar-refractivity contribution is 6.30. The summed E-state index contributed by atoms with van der Waals surface area (Å²) in [5, 5.41) is 5.56.